The van der Waals surface area contributed by atoms with Gasteiger partial charge in [-0.1, -0.05) is 49.5 Å². The van der Waals surface area contributed by atoms with Gasteiger partial charge in [0, 0.05) is 14.6 Å². The maximum absolute atomic E-state index is 12.2. The first-order chi connectivity index (χ1) is 8.97. The Hall–Kier alpha value is -0.840. The van der Waals surface area contributed by atoms with Crippen molar-refractivity contribution in [1.29, 1.82) is 0 Å². The number of benzene rings is 2. The molecule has 0 heterocycles. The Morgan fingerprint density at radius 2 is 1.74 bits per heavy atom. The number of hydrogen-bond donors (Lipinski definition) is 1. The standard InChI is InChI=1S/C14H10Br2ClNO/c1-8-2-3-10(16)7-13(8)18-14(19)11-5-4-9(15)6-12(11)17/h2-7H,1H3,(H,18,19). The van der Waals surface area contributed by atoms with Crippen LogP contribution in [0.15, 0.2) is 45.3 Å². The predicted molar refractivity (Wildman–Crippen MR) is 86.0 cm³/mol. The molecule has 1 N–H and O–H groups in total. The average Bonchev–Trinajstić information content (AvgIpc) is 2.33. The van der Waals surface area contributed by atoms with Crippen molar-refractivity contribution in [1.82, 2.24) is 0 Å². The highest BCUT2D eigenvalue weighted by molar-refractivity contribution is 9.10. The molecule has 0 fully saturated rings. The molecule has 19 heavy (non-hydrogen) atoms. The van der Waals surface area contributed by atoms with Gasteiger partial charge in [-0.05, 0) is 42.8 Å². The summed E-state index contributed by atoms with van der Waals surface area (Å²) in [6, 6.07) is 10.9. The summed E-state index contributed by atoms with van der Waals surface area (Å²) in [5.41, 5.74) is 2.20. The summed E-state index contributed by atoms with van der Waals surface area (Å²) in [5.74, 6) is -0.223. The fraction of sp³-hybridized carbons (Fsp3) is 0.0714. The van der Waals surface area contributed by atoms with Gasteiger partial charge in [0.2, 0.25) is 0 Å². The van der Waals surface area contributed by atoms with Crippen molar-refractivity contribution in [2.45, 2.75) is 6.92 Å². The normalized spacial score (nSPS) is 10.3. The summed E-state index contributed by atoms with van der Waals surface area (Å²) in [7, 11) is 0. The lowest BCUT2D eigenvalue weighted by Gasteiger charge is -2.10. The van der Waals surface area contributed by atoms with E-state index in [1.54, 1.807) is 18.2 Å². The van der Waals surface area contributed by atoms with E-state index in [2.05, 4.69) is 37.2 Å². The highest BCUT2D eigenvalue weighted by Crippen LogP contribution is 2.24. The van der Waals surface area contributed by atoms with Crippen LogP contribution in [0.5, 0.6) is 0 Å². The SMILES string of the molecule is Cc1ccc(Br)cc1NC(=O)c1ccc(Br)cc1Cl. The number of nitrogens with one attached hydrogen (secondary N) is 1. The van der Waals surface area contributed by atoms with E-state index < -0.39 is 0 Å². The van der Waals surface area contributed by atoms with Gasteiger partial charge < -0.3 is 5.32 Å². The zero-order valence-corrected chi connectivity index (χ0v) is 13.9. The molecule has 0 aliphatic heterocycles. The van der Waals surface area contributed by atoms with Crippen LogP contribution in [0.3, 0.4) is 0 Å². The van der Waals surface area contributed by atoms with Crippen molar-refractivity contribution in [2.75, 3.05) is 5.32 Å². The summed E-state index contributed by atoms with van der Waals surface area (Å²) in [5, 5.41) is 3.28. The van der Waals surface area contributed by atoms with Crippen LogP contribution >= 0.6 is 43.5 Å². The van der Waals surface area contributed by atoms with Gasteiger partial charge in [-0.2, -0.15) is 0 Å². The molecule has 0 saturated carbocycles. The van der Waals surface area contributed by atoms with Crippen molar-refractivity contribution >= 4 is 55.1 Å². The summed E-state index contributed by atoms with van der Waals surface area (Å²) in [6.45, 7) is 1.94. The van der Waals surface area contributed by atoms with E-state index in [-0.39, 0.29) is 5.91 Å². The quantitative estimate of drug-likeness (QED) is 0.712. The van der Waals surface area contributed by atoms with Gasteiger partial charge in [0.1, 0.15) is 0 Å². The predicted octanol–water partition coefficient (Wildman–Crippen LogP) is 5.43. The minimum Gasteiger partial charge on any atom is -0.322 e. The summed E-state index contributed by atoms with van der Waals surface area (Å²) in [4.78, 5) is 12.2. The zero-order chi connectivity index (χ0) is 14.0. The second-order valence-electron chi connectivity index (χ2n) is 4.04. The maximum Gasteiger partial charge on any atom is 0.257 e. The molecule has 0 atom stereocenters. The third-order valence-corrected chi connectivity index (χ3v) is 3.92. The average molecular weight is 404 g/mol. The molecule has 0 aromatic heterocycles. The molecule has 0 aliphatic rings. The van der Waals surface area contributed by atoms with Crippen LogP contribution < -0.4 is 5.32 Å². The molecule has 2 nitrogen and oxygen atoms in total. The topological polar surface area (TPSA) is 29.1 Å². The molecule has 0 bridgehead atoms. The second kappa shape index (κ2) is 6.07. The van der Waals surface area contributed by atoms with E-state index in [1.807, 2.05) is 25.1 Å². The van der Waals surface area contributed by atoms with E-state index >= 15 is 0 Å². The largest absolute Gasteiger partial charge is 0.322 e. The van der Waals surface area contributed by atoms with Crippen LogP contribution in [0.4, 0.5) is 5.69 Å². The van der Waals surface area contributed by atoms with Crippen molar-refractivity contribution in [2.24, 2.45) is 0 Å². The molecule has 1 amide bonds. The van der Waals surface area contributed by atoms with Crippen LogP contribution in [0.25, 0.3) is 0 Å². The molecular weight excluding hydrogens is 393 g/mol. The number of carbonyl (C=O) groups is 1. The number of anilines is 1. The first kappa shape index (κ1) is 14.6. The maximum atomic E-state index is 12.2. The third kappa shape index (κ3) is 3.59. The molecule has 2 aromatic carbocycles. The molecular formula is C14H10Br2ClNO. The number of halogens is 3. The first-order valence-corrected chi connectivity index (χ1v) is 7.46. The Bertz CT molecular complexity index is 643. The molecule has 0 saturated heterocycles. The fourth-order valence-electron chi connectivity index (χ4n) is 1.59. The minimum atomic E-state index is -0.223. The number of aryl methyl sites for hydroxylation is 1. The van der Waals surface area contributed by atoms with Gasteiger partial charge in [-0.25, -0.2) is 0 Å². The van der Waals surface area contributed by atoms with Gasteiger partial charge in [0.15, 0.2) is 0 Å². The van der Waals surface area contributed by atoms with Gasteiger partial charge in [0.05, 0.1) is 10.6 Å². The van der Waals surface area contributed by atoms with E-state index in [1.165, 1.54) is 0 Å². The van der Waals surface area contributed by atoms with Gasteiger partial charge in [-0.15, -0.1) is 0 Å². The van der Waals surface area contributed by atoms with Crippen molar-refractivity contribution in [3.63, 3.8) is 0 Å². The minimum absolute atomic E-state index is 0.223. The Balaban J connectivity index is 2.28. The van der Waals surface area contributed by atoms with Crippen molar-refractivity contribution < 1.29 is 4.79 Å². The monoisotopic (exact) mass is 401 g/mol. The lowest BCUT2D eigenvalue weighted by atomic mass is 10.1. The van der Waals surface area contributed by atoms with Crippen LogP contribution in [0.2, 0.25) is 5.02 Å². The smallest absolute Gasteiger partial charge is 0.257 e. The molecule has 0 unspecified atom stereocenters. The van der Waals surface area contributed by atoms with Crippen LogP contribution in [0, 0.1) is 6.92 Å². The first-order valence-electron chi connectivity index (χ1n) is 5.50. The molecule has 98 valence electrons. The van der Waals surface area contributed by atoms with Crippen LogP contribution in [-0.4, -0.2) is 5.91 Å². The fourth-order valence-corrected chi connectivity index (χ4v) is 2.71. The summed E-state index contributed by atoms with van der Waals surface area (Å²) < 4.78 is 1.75. The van der Waals surface area contributed by atoms with Crippen molar-refractivity contribution in [3.05, 3.63) is 61.5 Å². The molecule has 2 aromatic rings. The number of hydrogen-bond acceptors (Lipinski definition) is 1. The van der Waals surface area contributed by atoms with E-state index in [0.29, 0.717) is 10.6 Å². The molecule has 5 heteroatoms. The van der Waals surface area contributed by atoms with Gasteiger partial charge in [-0.3, -0.25) is 4.79 Å². The zero-order valence-electron chi connectivity index (χ0n) is 10.0. The molecule has 0 spiro atoms. The van der Waals surface area contributed by atoms with E-state index in [4.69, 9.17) is 11.6 Å². The summed E-state index contributed by atoms with van der Waals surface area (Å²) >= 11 is 12.8. The van der Waals surface area contributed by atoms with E-state index in [9.17, 15) is 4.79 Å². The Labute approximate surface area is 133 Å². The van der Waals surface area contributed by atoms with Gasteiger partial charge in [0.25, 0.3) is 5.91 Å². The third-order valence-electron chi connectivity index (χ3n) is 2.62. The van der Waals surface area contributed by atoms with Crippen LogP contribution in [0.1, 0.15) is 15.9 Å². The molecule has 0 radical (unpaired) electrons. The van der Waals surface area contributed by atoms with E-state index in [0.717, 1.165) is 20.2 Å². The van der Waals surface area contributed by atoms with Crippen LogP contribution in [-0.2, 0) is 0 Å². The number of amides is 1. The van der Waals surface area contributed by atoms with Crippen molar-refractivity contribution in [3.8, 4) is 0 Å². The Morgan fingerprint density at radius 1 is 1.11 bits per heavy atom. The molecule has 2 rings (SSSR count). The van der Waals surface area contributed by atoms with Gasteiger partial charge >= 0.3 is 0 Å². The Morgan fingerprint density at radius 3 is 2.42 bits per heavy atom. The number of rotatable bonds is 2. The lowest BCUT2D eigenvalue weighted by molar-refractivity contribution is 0.102. The highest BCUT2D eigenvalue weighted by Gasteiger charge is 2.12. The number of carbonyl (C=O) groups excluding carboxylic acids is 1. The molecule has 0 aliphatic carbocycles. The second-order valence-corrected chi connectivity index (χ2v) is 6.28. The lowest BCUT2D eigenvalue weighted by Crippen LogP contribution is -2.13. The Kier molecular flexibility index (Phi) is 4.66. The summed E-state index contributed by atoms with van der Waals surface area (Å²) in [6.07, 6.45) is 0. The highest BCUT2D eigenvalue weighted by atomic mass is 79.9.